The number of unbranched alkanes of at least 4 members (excludes halogenated alkanes) is 2. The normalized spacial score (nSPS) is 10.7. The Kier molecular flexibility index (Phi) is 6.52. The van der Waals surface area contributed by atoms with Gasteiger partial charge in [0.2, 0.25) is 0 Å². The fourth-order valence-corrected chi connectivity index (χ4v) is 2.25. The largest absolute Gasteiger partial charge is 0.336 e. The third-order valence-electron chi connectivity index (χ3n) is 3.52. The lowest BCUT2D eigenvalue weighted by molar-refractivity contribution is 0.0702. The summed E-state index contributed by atoms with van der Waals surface area (Å²) in [5.41, 5.74) is 5.19. The van der Waals surface area contributed by atoms with Gasteiger partial charge in [0.05, 0.1) is 5.69 Å². The average molecular weight is 277 g/mol. The summed E-state index contributed by atoms with van der Waals surface area (Å²) < 4.78 is 0. The lowest BCUT2D eigenvalue weighted by Crippen LogP contribution is -2.37. The number of hydrogen-bond acceptors (Lipinski definition) is 3. The van der Waals surface area contributed by atoms with Crippen LogP contribution in [0.4, 0.5) is 5.69 Å². The highest BCUT2D eigenvalue weighted by Gasteiger charge is 2.18. The van der Waals surface area contributed by atoms with Gasteiger partial charge in [-0.2, -0.15) is 0 Å². The summed E-state index contributed by atoms with van der Waals surface area (Å²) in [6.07, 6.45) is 3.38. The predicted molar refractivity (Wildman–Crippen MR) is 84.7 cm³/mol. The number of rotatable bonds is 7. The Bertz CT molecular complexity index is 443. The monoisotopic (exact) mass is 277 g/mol. The summed E-state index contributed by atoms with van der Waals surface area (Å²) in [6, 6.07) is 5.80. The number of hydrazine groups is 1. The fourth-order valence-electron chi connectivity index (χ4n) is 2.25. The van der Waals surface area contributed by atoms with E-state index in [0.29, 0.717) is 0 Å². The summed E-state index contributed by atoms with van der Waals surface area (Å²) in [6.45, 7) is 9.06. The number of anilines is 1. The quantitative estimate of drug-likeness (QED) is 0.456. The maximum absolute atomic E-state index is 12.6. The van der Waals surface area contributed by atoms with Gasteiger partial charge in [-0.3, -0.25) is 10.6 Å². The van der Waals surface area contributed by atoms with E-state index < -0.39 is 0 Å². The molecule has 0 saturated carbocycles. The molecule has 0 fully saturated rings. The number of nitrogens with two attached hydrogens (primary N) is 1. The van der Waals surface area contributed by atoms with E-state index in [1.165, 1.54) is 0 Å². The molecule has 3 N–H and O–H groups in total. The first-order chi connectivity index (χ1) is 9.51. The molecule has 0 saturated heterocycles. The Morgan fingerprint density at radius 1 is 1.35 bits per heavy atom. The summed E-state index contributed by atoms with van der Waals surface area (Å²) in [5, 5.41) is 0. The molecular formula is C16H27N3O. The summed E-state index contributed by atoms with van der Waals surface area (Å²) in [5.74, 6) is 5.52. The van der Waals surface area contributed by atoms with E-state index >= 15 is 0 Å². The fraction of sp³-hybridized carbons (Fsp3) is 0.562. The van der Waals surface area contributed by atoms with Gasteiger partial charge in [0.25, 0.3) is 5.91 Å². The van der Waals surface area contributed by atoms with Crippen molar-refractivity contribution in [1.82, 2.24) is 4.90 Å². The van der Waals surface area contributed by atoms with Crippen molar-refractivity contribution in [2.45, 2.75) is 53.0 Å². The molecule has 0 radical (unpaired) electrons. The summed E-state index contributed by atoms with van der Waals surface area (Å²) in [4.78, 5) is 14.6. The molecule has 0 atom stereocenters. The van der Waals surface area contributed by atoms with Crippen LogP contribution in [-0.4, -0.2) is 23.4 Å². The second-order valence-corrected chi connectivity index (χ2v) is 5.47. The van der Waals surface area contributed by atoms with Gasteiger partial charge in [-0.05, 0) is 51.0 Å². The van der Waals surface area contributed by atoms with Crippen molar-refractivity contribution in [3.63, 3.8) is 0 Å². The maximum atomic E-state index is 12.6. The zero-order valence-corrected chi connectivity index (χ0v) is 13.1. The highest BCUT2D eigenvalue weighted by Crippen LogP contribution is 2.18. The molecule has 0 bridgehead atoms. The van der Waals surface area contributed by atoms with E-state index in [-0.39, 0.29) is 11.9 Å². The molecule has 1 rings (SSSR count). The lowest BCUT2D eigenvalue weighted by atomic mass is 10.1. The summed E-state index contributed by atoms with van der Waals surface area (Å²) in [7, 11) is 0. The van der Waals surface area contributed by atoms with Gasteiger partial charge in [0.15, 0.2) is 0 Å². The average Bonchev–Trinajstić information content (AvgIpc) is 2.42. The first-order valence-corrected chi connectivity index (χ1v) is 7.39. The molecule has 1 aromatic carbocycles. The molecule has 0 aliphatic rings. The third-order valence-corrected chi connectivity index (χ3v) is 3.52. The number of amides is 1. The zero-order valence-electron chi connectivity index (χ0n) is 13.1. The van der Waals surface area contributed by atoms with Crippen LogP contribution in [0.3, 0.4) is 0 Å². The van der Waals surface area contributed by atoms with Gasteiger partial charge >= 0.3 is 0 Å². The van der Waals surface area contributed by atoms with Gasteiger partial charge in [0, 0.05) is 18.2 Å². The molecule has 4 heteroatoms. The molecule has 0 aromatic heterocycles. The van der Waals surface area contributed by atoms with E-state index in [2.05, 4.69) is 26.2 Å². The van der Waals surface area contributed by atoms with Crippen LogP contribution in [0.25, 0.3) is 0 Å². The van der Waals surface area contributed by atoms with Crippen molar-refractivity contribution < 1.29 is 4.79 Å². The summed E-state index contributed by atoms with van der Waals surface area (Å²) >= 11 is 0. The molecular weight excluding hydrogens is 250 g/mol. The van der Waals surface area contributed by atoms with Crippen LogP contribution < -0.4 is 11.3 Å². The van der Waals surface area contributed by atoms with Crippen molar-refractivity contribution in [3.05, 3.63) is 29.3 Å². The predicted octanol–water partition coefficient (Wildman–Crippen LogP) is 3.32. The standard InChI is InChI=1S/C16H27N3O/c1-5-6-7-10-19(12(2)3)16(20)14-8-9-15(18-17)13(4)11-14/h8-9,11-12,18H,5-7,10,17H2,1-4H3. The van der Waals surface area contributed by atoms with Gasteiger partial charge in [-0.1, -0.05) is 19.8 Å². The Morgan fingerprint density at radius 3 is 2.55 bits per heavy atom. The SMILES string of the molecule is CCCCCN(C(=O)c1ccc(NN)c(C)c1)C(C)C. The maximum Gasteiger partial charge on any atom is 0.254 e. The number of nitrogen functional groups attached to an aromatic ring is 1. The van der Waals surface area contributed by atoms with Crippen LogP contribution >= 0.6 is 0 Å². The van der Waals surface area contributed by atoms with E-state index in [1.807, 2.05) is 30.0 Å². The van der Waals surface area contributed by atoms with Crippen molar-refractivity contribution in [1.29, 1.82) is 0 Å². The van der Waals surface area contributed by atoms with Crippen LogP contribution in [0.2, 0.25) is 0 Å². The zero-order chi connectivity index (χ0) is 15.1. The number of nitrogens with one attached hydrogen (secondary N) is 1. The van der Waals surface area contributed by atoms with E-state index in [1.54, 1.807) is 0 Å². The Hall–Kier alpha value is -1.55. The third kappa shape index (κ3) is 4.23. The molecule has 0 heterocycles. The number of carbonyl (C=O) groups excluding carboxylic acids is 1. The highest BCUT2D eigenvalue weighted by molar-refractivity contribution is 5.95. The molecule has 1 amide bonds. The van der Waals surface area contributed by atoms with E-state index in [9.17, 15) is 4.79 Å². The van der Waals surface area contributed by atoms with E-state index in [4.69, 9.17) is 5.84 Å². The first-order valence-electron chi connectivity index (χ1n) is 7.39. The lowest BCUT2D eigenvalue weighted by Gasteiger charge is -2.27. The van der Waals surface area contributed by atoms with Gasteiger partial charge in [-0.15, -0.1) is 0 Å². The molecule has 4 nitrogen and oxygen atoms in total. The molecule has 0 spiro atoms. The van der Waals surface area contributed by atoms with Crippen molar-refractivity contribution >= 4 is 11.6 Å². The second kappa shape index (κ2) is 7.90. The van der Waals surface area contributed by atoms with Gasteiger partial charge < -0.3 is 10.3 Å². The van der Waals surface area contributed by atoms with Gasteiger partial charge in [-0.25, -0.2) is 0 Å². The van der Waals surface area contributed by atoms with Crippen molar-refractivity contribution in [2.75, 3.05) is 12.0 Å². The van der Waals surface area contributed by atoms with Crippen LogP contribution in [0.5, 0.6) is 0 Å². The minimum absolute atomic E-state index is 0.0998. The Morgan fingerprint density at radius 2 is 2.05 bits per heavy atom. The Balaban J connectivity index is 2.86. The van der Waals surface area contributed by atoms with Crippen LogP contribution in [-0.2, 0) is 0 Å². The van der Waals surface area contributed by atoms with Crippen LogP contribution in [0.15, 0.2) is 18.2 Å². The number of benzene rings is 1. The van der Waals surface area contributed by atoms with Gasteiger partial charge in [0.1, 0.15) is 0 Å². The number of hydrogen-bond donors (Lipinski definition) is 2. The van der Waals surface area contributed by atoms with Crippen LogP contribution in [0.1, 0.15) is 56.0 Å². The number of carbonyl (C=O) groups is 1. The van der Waals surface area contributed by atoms with Crippen molar-refractivity contribution in [2.24, 2.45) is 5.84 Å². The first kappa shape index (κ1) is 16.5. The minimum atomic E-state index is 0.0998. The minimum Gasteiger partial charge on any atom is -0.336 e. The van der Waals surface area contributed by atoms with Crippen molar-refractivity contribution in [3.8, 4) is 0 Å². The molecule has 0 unspecified atom stereocenters. The molecule has 112 valence electrons. The van der Waals surface area contributed by atoms with Crippen LogP contribution in [0, 0.1) is 6.92 Å². The van der Waals surface area contributed by atoms with E-state index in [0.717, 1.165) is 42.6 Å². The number of aryl methyl sites for hydroxylation is 1. The molecule has 20 heavy (non-hydrogen) atoms. The number of nitrogens with zero attached hydrogens (tertiary/aromatic N) is 1. The smallest absolute Gasteiger partial charge is 0.254 e. The topological polar surface area (TPSA) is 58.4 Å². The molecule has 0 aliphatic carbocycles. The molecule has 0 aliphatic heterocycles. The highest BCUT2D eigenvalue weighted by atomic mass is 16.2. The Labute approximate surface area is 122 Å². The molecule has 1 aromatic rings. The second-order valence-electron chi connectivity index (χ2n) is 5.47.